The molecule has 2 nitrogen and oxygen atoms in total. The van der Waals surface area contributed by atoms with Gasteiger partial charge in [-0.3, -0.25) is 4.79 Å². The summed E-state index contributed by atoms with van der Waals surface area (Å²) in [4.78, 5) is 10.7. The van der Waals surface area contributed by atoms with Gasteiger partial charge in [0.2, 0.25) is 0 Å². The van der Waals surface area contributed by atoms with Gasteiger partial charge in [0.1, 0.15) is 24.5 Å². The molecule has 0 saturated carbocycles. The lowest BCUT2D eigenvalue weighted by molar-refractivity contribution is 0.112. The maximum absolute atomic E-state index is 12.8. The van der Waals surface area contributed by atoms with Crippen molar-refractivity contribution >= 4 is 38.1 Å². The zero-order chi connectivity index (χ0) is 13.8. The van der Waals surface area contributed by atoms with Gasteiger partial charge in [0.25, 0.3) is 0 Å². The number of halogens is 3. The van der Waals surface area contributed by atoms with Gasteiger partial charge in [-0.1, -0.05) is 12.1 Å². The third-order valence-corrected chi connectivity index (χ3v) is 3.63. The highest BCUT2D eigenvalue weighted by Crippen LogP contribution is 2.34. The van der Waals surface area contributed by atoms with Crippen molar-refractivity contribution in [3.05, 3.63) is 62.3 Å². The minimum Gasteiger partial charge on any atom is -0.487 e. The minimum absolute atomic E-state index is 0.276. The standard InChI is InChI=1S/C14H9Br2FO2/c15-12-5-10(7-18)6-13(16)14(12)19-8-9-1-3-11(17)4-2-9/h1-7H,8H2. The predicted octanol–water partition coefficient (Wildman–Crippen LogP) is 4.74. The van der Waals surface area contributed by atoms with Crippen LogP contribution in [0.5, 0.6) is 5.75 Å². The molecule has 2 rings (SSSR count). The third-order valence-electron chi connectivity index (χ3n) is 2.45. The molecule has 0 bridgehead atoms. The van der Waals surface area contributed by atoms with Gasteiger partial charge in [-0.2, -0.15) is 0 Å². The molecule has 0 aliphatic carbocycles. The highest BCUT2D eigenvalue weighted by Gasteiger charge is 2.09. The van der Waals surface area contributed by atoms with E-state index < -0.39 is 0 Å². The Balaban J connectivity index is 2.15. The molecule has 0 aliphatic heterocycles. The van der Waals surface area contributed by atoms with Crippen LogP contribution in [0.15, 0.2) is 45.3 Å². The van der Waals surface area contributed by atoms with Crippen LogP contribution in [0.25, 0.3) is 0 Å². The Hall–Kier alpha value is -1.20. The van der Waals surface area contributed by atoms with Crippen LogP contribution < -0.4 is 4.74 Å². The van der Waals surface area contributed by atoms with E-state index in [9.17, 15) is 9.18 Å². The smallest absolute Gasteiger partial charge is 0.150 e. The van der Waals surface area contributed by atoms with E-state index in [0.717, 1.165) is 11.8 Å². The van der Waals surface area contributed by atoms with Crippen LogP contribution in [0, 0.1) is 5.82 Å². The van der Waals surface area contributed by atoms with Crippen LogP contribution in [0.2, 0.25) is 0 Å². The second-order valence-corrected chi connectivity index (χ2v) is 5.56. The molecule has 0 aromatic heterocycles. The summed E-state index contributed by atoms with van der Waals surface area (Å²) in [7, 11) is 0. The van der Waals surface area contributed by atoms with Crippen LogP contribution in [-0.2, 0) is 6.61 Å². The normalized spacial score (nSPS) is 10.3. The number of hydrogen-bond donors (Lipinski definition) is 0. The molecule has 98 valence electrons. The number of carbonyl (C=O) groups excluding carboxylic acids is 1. The average molecular weight is 388 g/mol. The van der Waals surface area contributed by atoms with Crippen molar-refractivity contribution in [2.75, 3.05) is 0 Å². The molecule has 0 unspecified atom stereocenters. The minimum atomic E-state index is -0.276. The maximum Gasteiger partial charge on any atom is 0.150 e. The lowest BCUT2D eigenvalue weighted by Gasteiger charge is -2.11. The summed E-state index contributed by atoms with van der Waals surface area (Å²) in [5, 5.41) is 0. The zero-order valence-electron chi connectivity index (χ0n) is 9.70. The van der Waals surface area contributed by atoms with E-state index in [4.69, 9.17) is 4.74 Å². The van der Waals surface area contributed by atoms with Crippen LogP contribution in [0.1, 0.15) is 15.9 Å². The molecule has 0 heterocycles. The van der Waals surface area contributed by atoms with Gasteiger partial charge >= 0.3 is 0 Å². The Bertz CT molecular complexity index is 574. The molecule has 0 amide bonds. The van der Waals surface area contributed by atoms with Gasteiger partial charge in [0.15, 0.2) is 0 Å². The first-order chi connectivity index (χ1) is 9.10. The molecule has 0 radical (unpaired) electrons. The Morgan fingerprint density at radius 2 is 1.68 bits per heavy atom. The Kier molecular flexibility index (Phi) is 4.71. The van der Waals surface area contributed by atoms with Crippen LogP contribution in [0.3, 0.4) is 0 Å². The molecular weight excluding hydrogens is 379 g/mol. The summed E-state index contributed by atoms with van der Waals surface area (Å²) in [6.45, 7) is 0.317. The summed E-state index contributed by atoms with van der Waals surface area (Å²) in [5.41, 5.74) is 1.41. The van der Waals surface area contributed by atoms with Crippen molar-refractivity contribution < 1.29 is 13.9 Å². The lowest BCUT2D eigenvalue weighted by Crippen LogP contribution is -1.97. The van der Waals surface area contributed by atoms with Gasteiger partial charge in [-0.05, 0) is 61.7 Å². The summed E-state index contributed by atoms with van der Waals surface area (Å²) in [5.74, 6) is 0.330. The van der Waals surface area contributed by atoms with Crippen molar-refractivity contribution in [2.45, 2.75) is 6.61 Å². The topological polar surface area (TPSA) is 26.3 Å². The van der Waals surface area contributed by atoms with E-state index in [1.165, 1.54) is 12.1 Å². The summed E-state index contributed by atoms with van der Waals surface area (Å²) in [6.07, 6.45) is 0.763. The molecule has 2 aromatic rings. The van der Waals surface area contributed by atoms with Crippen molar-refractivity contribution in [3.63, 3.8) is 0 Å². The molecule has 0 saturated heterocycles. The highest BCUT2D eigenvalue weighted by molar-refractivity contribution is 9.11. The molecule has 5 heteroatoms. The number of ether oxygens (including phenoxy) is 1. The van der Waals surface area contributed by atoms with Crippen molar-refractivity contribution in [1.82, 2.24) is 0 Å². The SMILES string of the molecule is O=Cc1cc(Br)c(OCc2ccc(F)cc2)c(Br)c1. The van der Waals surface area contributed by atoms with Crippen molar-refractivity contribution in [1.29, 1.82) is 0 Å². The maximum atomic E-state index is 12.8. The first-order valence-electron chi connectivity index (χ1n) is 5.41. The van der Waals surface area contributed by atoms with Crippen LogP contribution in [-0.4, -0.2) is 6.29 Å². The highest BCUT2D eigenvalue weighted by atomic mass is 79.9. The molecule has 0 aliphatic rings. The molecule has 0 spiro atoms. The third kappa shape index (κ3) is 3.64. The number of benzene rings is 2. The monoisotopic (exact) mass is 386 g/mol. The molecule has 0 atom stereocenters. The first kappa shape index (κ1) is 14.2. The zero-order valence-corrected chi connectivity index (χ0v) is 12.9. The number of aldehydes is 1. The predicted molar refractivity (Wildman–Crippen MR) is 78.0 cm³/mol. The van der Waals surface area contributed by atoms with E-state index >= 15 is 0 Å². The van der Waals surface area contributed by atoms with Gasteiger partial charge < -0.3 is 4.74 Å². The van der Waals surface area contributed by atoms with E-state index in [0.29, 0.717) is 26.9 Å². The van der Waals surface area contributed by atoms with Gasteiger partial charge in [0, 0.05) is 5.56 Å². The molecule has 2 aromatic carbocycles. The molecule has 0 fully saturated rings. The van der Waals surface area contributed by atoms with Crippen LogP contribution >= 0.6 is 31.9 Å². The van der Waals surface area contributed by atoms with Crippen molar-refractivity contribution in [2.24, 2.45) is 0 Å². The van der Waals surface area contributed by atoms with Crippen LogP contribution in [0.4, 0.5) is 4.39 Å². The Morgan fingerprint density at radius 1 is 1.11 bits per heavy atom. The fourth-order valence-electron chi connectivity index (χ4n) is 1.52. The van der Waals surface area contributed by atoms with E-state index in [2.05, 4.69) is 31.9 Å². The fourth-order valence-corrected chi connectivity index (χ4v) is 2.97. The van der Waals surface area contributed by atoms with E-state index in [-0.39, 0.29) is 5.82 Å². The first-order valence-corrected chi connectivity index (χ1v) is 7.00. The average Bonchev–Trinajstić information content (AvgIpc) is 2.39. The molecular formula is C14H9Br2FO2. The second kappa shape index (κ2) is 6.30. The quantitative estimate of drug-likeness (QED) is 0.708. The van der Waals surface area contributed by atoms with Crippen molar-refractivity contribution in [3.8, 4) is 5.75 Å². The largest absolute Gasteiger partial charge is 0.487 e. The Morgan fingerprint density at radius 3 is 2.21 bits per heavy atom. The summed E-state index contributed by atoms with van der Waals surface area (Å²) < 4.78 is 19.8. The summed E-state index contributed by atoms with van der Waals surface area (Å²) in [6, 6.07) is 9.46. The second-order valence-electron chi connectivity index (χ2n) is 3.85. The fraction of sp³-hybridized carbons (Fsp3) is 0.0714. The van der Waals surface area contributed by atoms with Gasteiger partial charge in [0.05, 0.1) is 8.95 Å². The number of hydrogen-bond acceptors (Lipinski definition) is 2. The molecule has 0 N–H and O–H groups in total. The van der Waals surface area contributed by atoms with E-state index in [1.54, 1.807) is 24.3 Å². The van der Waals surface area contributed by atoms with Gasteiger partial charge in [-0.15, -0.1) is 0 Å². The number of carbonyl (C=O) groups is 1. The summed E-state index contributed by atoms with van der Waals surface area (Å²) >= 11 is 6.70. The number of rotatable bonds is 4. The van der Waals surface area contributed by atoms with E-state index in [1.807, 2.05) is 0 Å². The Labute approximate surface area is 126 Å². The molecule has 19 heavy (non-hydrogen) atoms. The van der Waals surface area contributed by atoms with Gasteiger partial charge in [-0.25, -0.2) is 4.39 Å². The lowest BCUT2D eigenvalue weighted by atomic mass is 10.2.